The van der Waals surface area contributed by atoms with Crippen LogP contribution >= 0.6 is 0 Å². The van der Waals surface area contributed by atoms with Crippen molar-refractivity contribution >= 4 is 11.8 Å². The predicted octanol–water partition coefficient (Wildman–Crippen LogP) is 0.710. The summed E-state index contributed by atoms with van der Waals surface area (Å²) in [4.78, 5) is 24.0. The highest BCUT2D eigenvalue weighted by Gasteiger charge is 2.38. The van der Waals surface area contributed by atoms with Crippen molar-refractivity contribution in [2.24, 2.45) is 10.2 Å². The highest BCUT2D eigenvalue weighted by Crippen LogP contribution is 2.36. The summed E-state index contributed by atoms with van der Waals surface area (Å²) in [5.41, 5.74) is 0.236. The Morgan fingerprint density at radius 1 is 1.57 bits per heavy atom. The van der Waals surface area contributed by atoms with Crippen molar-refractivity contribution in [3.8, 4) is 12.3 Å². The van der Waals surface area contributed by atoms with Crippen LogP contribution in [0.5, 0.6) is 0 Å². The fraction of sp³-hybridized carbons (Fsp3) is 0.533. The Balaban J connectivity index is 1.55. The van der Waals surface area contributed by atoms with Gasteiger partial charge in [0.15, 0.2) is 11.4 Å². The lowest BCUT2D eigenvalue weighted by molar-refractivity contribution is 0.0898. The molecule has 0 bridgehead atoms. The van der Waals surface area contributed by atoms with E-state index in [1.165, 1.54) is 6.07 Å². The van der Waals surface area contributed by atoms with Gasteiger partial charge in [-0.2, -0.15) is 15.3 Å². The van der Waals surface area contributed by atoms with Gasteiger partial charge in [-0.25, -0.2) is 0 Å². The summed E-state index contributed by atoms with van der Waals surface area (Å²) in [7, 11) is 0. The lowest BCUT2D eigenvalue weighted by Crippen LogP contribution is -2.42. The van der Waals surface area contributed by atoms with E-state index in [1.54, 1.807) is 4.68 Å². The van der Waals surface area contributed by atoms with Crippen LogP contribution in [0.15, 0.2) is 16.3 Å². The Bertz CT molecular complexity index is 708. The minimum absolute atomic E-state index is 0.0000798. The number of amides is 2. The average molecular weight is 314 g/mol. The van der Waals surface area contributed by atoms with Gasteiger partial charge in [0.1, 0.15) is 5.69 Å². The highest BCUT2D eigenvalue weighted by atomic mass is 16.2. The second-order valence-corrected chi connectivity index (χ2v) is 5.86. The number of aromatic nitrogens is 2. The molecule has 0 spiro atoms. The van der Waals surface area contributed by atoms with Crippen LogP contribution in [0.4, 0.5) is 0 Å². The second-order valence-electron chi connectivity index (χ2n) is 5.86. The van der Waals surface area contributed by atoms with Crippen LogP contribution in [-0.4, -0.2) is 39.8 Å². The van der Waals surface area contributed by atoms with Gasteiger partial charge in [0.25, 0.3) is 11.8 Å². The third kappa shape index (κ3) is 3.23. The molecule has 2 aliphatic rings. The molecule has 3 rings (SSSR count). The molecule has 0 radical (unpaired) electrons. The molecule has 2 aliphatic heterocycles. The van der Waals surface area contributed by atoms with E-state index in [2.05, 4.69) is 31.9 Å². The first kappa shape index (κ1) is 15.2. The van der Waals surface area contributed by atoms with Crippen molar-refractivity contribution in [3.05, 3.63) is 17.5 Å². The van der Waals surface area contributed by atoms with Crippen molar-refractivity contribution in [1.29, 1.82) is 0 Å². The molecular weight excluding hydrogens is 296 g/mol. The number of rotatable bonds is 6. The van der Waals surface area contributed by atoms with Gasteiger partial charge in [0, 0.05) is 37.9 Å². The van der Waals surface area contributed by atoms with Crippen molar-refractivity contribution in [2.75, 3.05) is 6.54 Å². The lowest BCUT2D eigenvalue weighted by atomic mass is 10.0. The number of carbonyl (C=O) groups is 2. The first-order valence-electron chi connectivity index (χ1n) is 7.57. The van der Waals surface area contributed by atoms with Gasteiger partial charge >= 0.3 is 0 Å². The first-order chi connectivity index (χ1) is 11.0. The molecule has 120 valence electrons. The predicted molar refractivity (Wildman–Crippen MR) is 81.8 cm³/mol. The molecule has 0 aromatic carbocycles. The average Bonchev–Trinajstić information content (AvgIpc) is 3.14. The summed E-state index contributed by atoms with van der Waals surface area (Å²) in [5, 5.41) is 17.8. The van der Waals surface area contributed by atoms with Gasteiger partial charge < -0.3 is 10.6 Å². The number of nitrogens with zero attached hydrogens (tertiary/aromatic N) is 4. The smallest absolute Gasteiger partial charge is 0.271 e. The molecule has 0 saturated carbocycles. The molecule has 2 amide bonds. The van der Waals surface area contributed by atoms with Crippen LogP contribution in [0.1, 0.15) is 47.2 Å². The molecule has 23 heavy (non-hydrogen) atoms. The summed E-state index contributed by atoms with van der Waals surface area (Å²) in [6, 6.07) is 1.51. The van der Waals surface area contributed by atoms with E-state index in [-0.39, 0.29) is 23.6 Å². The number of hydrogen-bond acceptors (Lipinski definition) is 5. The molecule has 0 saturated heterocycles. The van der Waals surface area contributed by atoms with E-state index in [0.717, 1.165) is 0 Å². The fourth-order valence-electron chi connectivity index (χ4n) is 2.59. The Kier molecular flexibility index (Phi) is 3.86. The zero-order valence-electron chi connectivity index (χ0n) is 12.9. The zero-order valence-corrected chi connectivity index (χ0v) is 12.9. The third-order valence-electron chi connectivity index (χ3n) is 3.93. The third-order valence-corrected chi connectivity index (χ3v) is 3.93. The minimum Gasteiger partial charge on any atom is -0.350 e. The van der Waals surface area contributed by atoms with Crippen molar-refractivity contribution < 1.29 is 9.59 Å². The Morgan fingerprint density at radius 3 is 3.04 bits per heavy atom. The molecule has 3 heterocycles. The molecule has 0 aliphatic carbocycles. The highest BCUT2D eigenvalue weighted by molar-refractivity contribution is 5.98. The van der Waals surface area contributed by atoms with Gasteiger partial charge in [0.05, 0.1) is 6.54 Å². The second kappa shape index (κ2) is 5.83. The molecular formula is C15H18N6O2. The number of hydrogen-bond donors (Lipinski definition) is 2. The van der Waals surface area contributed by atoms with Crippen LogP contribution in [0.3, 0.4) is 0 Å². The molecule has 1 aromatic rings. The normalized spacial score (nSPS) is 20.3. The summed E-state index contributed by atoms with van der Waals surface area (Å²) < 4.78 is 1.57. The largest absolute Gasteiger partial charge is 0.350 e. The summed E-state index contributed by atoms with van der Waals surface area (Å²) in [5.74, 6) is 2.05. The first-order valence-corrected chi connectivity index (χ1v) is 7.57. The summed E-state index contributed by atoms with van der Waals surface area (Å²) in [6.07, 6.45) is 7.17. The number of nitrogens with one attached hydrogen (secondary N) is 2. The Hall–Kier alpha value is -2.69. The minimum atomic E-state index is -0.414. The van der Waals surface area contributed by atoms with E-state index in [9.17, 15) is 9.59 Å². The van der Waals surface area contributed by atoms with Crippen molar-refractivity contribution in [2.45, 2.75) is 44.4 Å². The van der Waals surface area contributed by atoms with Gasteiger partial charge in [-0.05, 0) is 6.92 Å². The zero-order chi connectivity index (χ0) is 16.4. The van der Waals surface area contributed by atoms with E-state index < -0.39 is 5.66 Å². The Labute approximate surface area is 133 Å². The van der Waals surface area contributed by atoms with Crippen molar-refractivity contribution in [3.63, 3.8) is 0 Å². The Morgan fingerprint density at radius 2 is 2.35 bits per heavy atom. The van der Waals surface area contributed by atoms with Crippen molar-refractivity contribution in [1.82, 2.24) is 20.4 Å². The standard InChI is InChI=1S/C15H18N6O2/c1-3-4-5-15(19-20-15)6-7-16-13(22)11-8-12-14(23)17-10(2)9-21(12)18-11/h1,8,10H,4-7,9H2,2H3,(H,16,22)(H,17,23). The summed E-state index contributed by atoms with van der Waals surface area (Å²) >= 11 is 0. The van der Waals surface area contributed by atoms with E-state index >= 15 is 0 Å². The molecule has 0 fully saturated rings. The van der Waals surface area contributed by atoms with Crippen LogP contribution in [-0.2, 0) is 6.54 Å². The SMILES string of the molecule is C#CCCC1(CCNC(=O)c2cc3n(n2)CC(C)NC3=O)N=N1. The molecule has 2 N–H and O–H groups in total. The molecule has 8 heteroatoms. The van der Waals surface area contributed by atoms with Crippen LogP contribution in [0.25, 0.3) is 0 Å². The van der Waals surface area contributed by atoms with Gasteiger partial charge in [-0.1, -0.05) is 0 Å². The number of carbonyl (C=O) groups excluding carboxylic acids is 2. The van der Waals surface area contributed by atoms with Gasteiger partial charge in [-0.15, -0.1) is 12.3 Å². The quantitative estimate of drug-likeness (QED) is 0.756. The molecule has 1 unspecified atom stereocenters. The lowest BCUT2D eigenvalue weighted by Gasteiger charge is -2.20. The fourth-order valence-corrected chi connectivity index (χ4v) is 2.59. The van der Waals surface area contributed by atoms with Crippen LogP contribution in [0.2, 0.25) is 0 Å². The maximum absolute atomic E-state index is 12.2. The molecule has 1 aromatic heterocycles. The number of terminal acetylenes is 1. The van der Waals surface area contributed by atoms with Gasteiger partial charge in [0.2, 0.25) is 0 Å². The number of fused-ring (bicyclic) bond motifs is 1. The molecule has 8 nitrogen and oxygen atoms in total. The van der Waals surface area contributed by atoms with Gasteiger partial charge in [-0.3, -0.25) is 14.3 Å². The topological polar surface area (TPSA) is 101 Å². The molecule has 1 atom stereocenters. The maximum atomic E-state index is 12.2. The van der Waals surface area contributed by atoms with Crippen LogP contribution in [0, 0.1) is 12.3 Å². The maximum Gasteiger partial charge on any atom is 0.271 e. The van der Waals surface area contributed by atoms with E-state index in [1.807, 2.05) is 6.92 Å². The van der Waals surface area contributed by atoms with Crippen LogP contribution < -0.4 is 10.6 Å². The monoisotopic (exact) mass is 314 g/mol. The summed E-state index contributed by atoms with van der Waals surface area (Å²) in [6.45, 7) is 2.88. The van der Waals surface area contributed by atoms with E-state index in [0.29, 0.717) is 38.0 Å². The van der Waals surface area contributed by atoms with E-state index in [4.69, 9.17) is 6.42 Å².